The van der Waals surface area contributed by atoms with Crippen LogP contribution in [-0.4, -0.2) is 46.2 Å². The number of rotatable bonds is 11. The van der Waals surface area contributed by atoms with Gasteiger partial charge in [-0.1, -0.05) is 142 Å². The number of amides is 1. The number of nitrogens with zero attached hydrogens (tertiary/aromatic N) is 1. The predicted molar refractivity (Wildman–Crippen MR) is 173 cm³/mol. The Morgan fingerprint density at radius 2 is 1.29 bits per heavy atom. The van der Waals surface area contributed by atoms with E-state index in [1.807, 2.05) is 42.5 Å². The summed E-state index contributed by atoms with van der Waals surface area (Å²) in [5.74, 6) is 0. The molecule has 0 unspecified atom stereocenters. The zero-order chi connectivity index (χ0) is 30.2. The van der Waals surface area contributed by atoms with Gasteiger partial charge in [-0.15, -0.1) is 0 Å². The molecule has 4 rings (SSSR count). The minimum Gasteiger partial charge on any atom is -0.445 e. The van der Waals surface area contributed by atoms with Crippen LogP contribution in [0.15, 0.2) is 115 Å². The van der Waals surface area contributed by atoms with Gasteiger partial charge in [-0.05, 0) is 33.5 Å². The van der Waals surface area contributed by atoms with Crippen molar-refractivity contribution in [3.63, 3.8) is 0 Å². The van der Waals surface area contributed by atoms with Crippen LogP contribution in [0.3, 0.4) is 0 Å². The molecule has 4 aromatic carbocycles. The van der Waals surface area contributed by atoms with Gasteiger partial charge in [0.1, 0.15) is 12.7 Å². The summed E-state index contributed by atoms with van der Waals surface area (Å²) in [7, 11) is 0.635. The molecule has 0 saturated carbocycles. The Morgan fingerprint density at radius 1 is 0.786 bits per heavy atom. The van der Waals surface area contributed by atoms with Crippen LogP contribution < -0.4 is 10.4 Å². The monoisotopic (exact) mass is 581 g/mol. The number of hydrogen-bond donors (Lipinski definition) is 0. The van der Waals surface area contributed by atoms with Crippen molar-refractivity contribution in [2.24, 2.45) is 0 Å². The third-order valence-corrected chi connectivity index (χ3v) is 12.9. The highest BCUT2D eigenvalue weighted by Crippen LogP contribution is 2.38. The molecule has 0 aliphatic rings. The van der Waals surface area contributed by atoms with Gasteiger partial charge >= 0.3 is 6.09 Å². The molecule has 0 aliphatic carbocycles. The van der Waals surface area contributed by atoms with E-state index in [1.54, 1.807) is 19.1 Å². The van der Waals surface area contributed by atoms with E-state index in [1.165, 1.54) is 10.4 Å². The minimum absolute atomic E-state index is 0.187. The average molecular weight is 582 g/mol. The van der Waals surface area contributed by atoms with Crippen molar-refractivity contribution in [3.05, 3.63) is 132 Å². The Balaban J connectivity index is 1.69. The quantitative estimate of drug-likeness (QED) is 0.181. The topological polar surface area (TPSA) is 48.0 Å². The summed E-state index contributed by atoms with van der Waals surface area (Å²) in [6.45, 7) is 9.30. The number of likely N-dealkylation sites (N-methyl/N-ethyl adjacent to an activating group) is 1. The van der Waals surface area contributed by atoms with E-state index in [-0.39, 0.29) is 11.6 Å². The Kier molecular flexibility index (Phi) is 10.4. The molecule has 0 fully saturated rings. The Hall–Kier alpha value is -3.71. The van der Waals surface area contributed by atoms with Crippen molar-refractivity contribution < 1.29 is 18.7 Å². The van der Waals surface area contributed by atoms with E-state index in [4.69, 9.17) is 13.9 Å². The second-order valence-electron chi connectivity index (χ2n) is 11.8. The van der Waals surface area contributed by atoms with Gasteiger partial charge in [0.25, 0.3) is 8.32 Å². The fourth-order valence-corrected chi connectivity index (χ4v) is 10.2. The molecule has 0 radical (unpaired) electrons. The van der Waals surface area contributed by atoms with Gasteiger partial charge in [0.05, 0.1) is 12.6 Å². The lowest BCUT2D eigenvalue weighted by molar-refractivity contribution is -0.0108. The molecule has 0 spiro atoms. The largest absolute Gasteiger partial charge is 0.445 e. The van der Waals surface area contributed by atoms with Crippen molar-refractivity contribution >= 4 is 24.8 Å². The summed E-state index contributed by atoms with van der Waals surface area (Å²) < 4.78 is 19.1. The van der Waals surface area contributed by atoms with E-state index in [2.05, 4.69) is 100 Å². The second-order valence-corrected chi connectivity index (χ2v) is 16.1. The molecular formula is C36H43NO4Si. The van der Waals surface area contributed by atoms with Gasteiger partial charge in [0.15, 0.2) is 0 Å². The number of methoxy groups -OCH3 is 1. The average Bonchev–Trinajstić information content (AvgIpc) is 3.01. The van der Waals surface area contributed by atoms with E-state index >= 15 is 0 Å². The van der Waals surface area contributed by atoms with Crippen molar-refractivity contribution in [3.8, 4) is 0 Å². The smallest absolute Gasteiger partial charge is 0.410 e. The number of hydrogen-bond acceptors (Lipinski definition) is 4. The SMILES string of the molecule is CO[C@H](CO[Si](c1ccccc1)(c1ccccc1)C(C)(C)C)[C@@H](c1ccc(C)cc1)N(C)C(=O)OCc1ccccc1. The van der Waals surface area contributed by atoms with Crippen molar-refractivity contribution in [2.45, 2.75) is 51.5 Å². The number of ether oxygens (including phenoxy) is 2. The Morgan fingerprint density at radius 3 is 1.76 bits per heavy atom. The van der Waals surface area contributed by atoms with E-state index in [0.29, 0.717) is 6.61 Å². The molecule has 4 aromatic rings. The molecular weight excluding hydrogens is 538 g/mol. The lowest BCUT2D eigenvalue weighted by Crippen LogP contribution is -2.67. The maximum Gasteiger partial charge on any atom is 0.410 e. The first-order valence-corrected chi connectivity index (χ1v) is 16.4. The standard InChI is InChI=1S/C36H43NO4Si/c1-28-22-24-30(25-23-28)34(37(5)35(38)40-26-29-16-10-7-11-17-29)33(39-6)27-41-42(36(2,3)4,31-18-12-8-13-19-31)32-20-14-9-15-21-32/h7-25,33-34H,26-27H2,1-6H3/t33-,34-/m1/s1. The maximum atomic E-state index is 13.4. The molecule has 0 aliphatic heterocycles. The van der Waals surface area contributed by atoms with Crippen LogP contribution in [0, 0.1) is 6.92 Å². The summed E-state index contributed by atoms with van der Waals surface area (Å²) in [4.78, 5) is 15.1. The third kappa shape index (κ3) is 7.01. The number of benzene rings is 4. The van der Waals surface area contributed by atoms with Crippen LogP contribution in [0.4, 0.5) is 4.79 Å². The summed E-state index contributed by atoms with van der Waals surface area (Å²) in [6.07, 6.45) is -0.874. The summed E-state index contributed by atoms with van der Waals surface area (Å²) in [6, 6.07) is 38.6. The van der Waals surface area contributed by atoms with Crippen molar-refractivity contribution in [1.82, 2.24) is 4.90 Å². The zero-order valence-corrected chi connectivity index (χ0v) is 26.6. The van der Waals surface area contributed by atoms with Crippen LogP contribution in [-0.2, 0) is 20.5 Å². The highest BCUT2D eigenvalue weighted by atomic mass is 28.4. The predicted octanol–water partition coefficient (Wildman–Crippen LogP) is 6.90. The molecule has 1 amide bonds. The molecule has 0 bridgehead atoms. The minimum atomic E-state index is -2.82. The number of carbonyl (C=O) groups is 1. The highest BCUT2D eigenvalue weighted by molar-refractivity contribution is 6.99. The van der Waals surface area contributed by atoms with Crippen LogP contribution in [0.1, 0.15) is 43.5 Å². The lowest BCUT2D eigenvalue weighted by Gasteiger charge is -2.44. The molecule has 5 nitrogen and oxygen atoms in total. The molecule has 0 N–H and O–H groups in total. The van der Waals surface area contributed by atoms with Gasteiger partial charge in [0, 0.05) is 14.2 Å². The van der Waals surface area contributed by atoms with Gasteiger partial charge in [-0.2, -0.15) is 0 Å². The summed E-state index contributed by atoms with van der Waals surface area (Å²) >= 11 is 0. The summed E-state index contributed by atoms with van der Waals surface area (Å²) in [5, 5.41) is 2.20. The van der Waals surface area contributed by atoms with Gasteiger partial charge in [0.2, 0.25) is 0 Å². The van der Waals surface area contributed by atoms with Gasteiger partial charge in [-0.3, -0.25) is 0 Å². The molecule has 0 saturated heterocycles. The first-order valence-electron chi connectivity index (χ1n) is 14.4. The van der Waals surface area contributed by atoms with Crippen molar-refractivity contribution in [1.29, 1.82) is 0 Å². The lowest BCUT2D eigenvalue weighted by atomic mass is 9.99. The normalized spacial score (nSPS) is 13.3. The van der Waals surface area contributed by atoms with Gasteiger partial charge in [-0.25, -0.2) is 4.79 Å². The van der Waals surface area contributed by atoms with Crippen LogP contribution in [0.2, 0.25) is 5.04 Å². The Labute approximate surface area is 252 Å². The van der Waals surface area contributed by atoms with E-state index in [0.717, 1.165) is 16.7 Å². The first kappa shape index (κ1) is 31.2. The van der Waals surface area contributed by atoms with Crippen LogP contribution in [0.25, 0.3) is 0 Å². The molecule has 42 heavy (non-hydrogen) atoms. The third-order valence-electron chi connectivity index (χ3n) is 7.87. The fourth-order valence-electron chi connectivity index (χ4n) is 5.64. The molecule has 2 atom stereocenters. The fraction of sp³-hybridized carbons (Fsp3) is 0.306. The molecule has 220 valence electrons. The highest BCUT2D eigenvalue weighted by Gasteiger charge is 2.51. The van der Waals surface area contributed by atoms with Crippen LogP contribution in [0.5, 0.6) is 0 Å². The van der Waals surface area contributed by atoms with E-state index in [9.17, 15) is 4.79 Å². The second kappa shape index (κ2) is 14.0. The summed E-state index contributed by atoms with van der Waals surface area (Å²) in [5.41, 5.74) is 3.03. The molecule has 6 heteroatoms. The number of carbonyl (C=O) groups excluding carboxylic acids is 1. The van der Waals surface area contributed by atoms with Crippen molar-refractivity contribution in [2.75, 3.05) is 20.8 Å². The molecule has 0 heterocycles. The maximum absolute atomic E-state index is 13.4. The van der Waals surface area contributed by atoms with E-state index < -0.39 is 26.6 Å². The first-order chi connectivity index (χ1) is 20.2. The Bertz CT molecular complexity index is 1350. The number of aryl methyl sites for hydroxylation is 1. The van der Waals surface area contributed by atoms with Gasteiger partial charge < -0.3 is 18.8 Å². The van der Waals surface area contributed by atoms with Crippen LogP contribution >= 0.6 is 0 Å². The molecule has 0 aromatic heterocycles. The zero-order valence-electron chi connectivity index (χ0n) is 25.6.